The lowest BCUT2D eigenvalue weighted by Crippen LogP contribution is -2.55. The van der Waals surface area contributed by atoms with E-state index in [-0.39, 0.29) is 22.8 Å². The van der Waals surface area contributed by atoms with E-state index in [1.54, 1.807) is 0 Å². The van der Waals surface area contributed by atoms with E-state index in [1.165, 1.54) is 17.5 Å². The molecule has 0 bridgehead atoms. The molecule has 0 aromatic heterocycles. The molecule has 3 atom stereocenters. The maximum absolute atomic E-state index is 12.8. The van der Waals surface area contributed by atoms with Crippen LogP contribution in [0.15, 0.2) is 24.3 Å². The van der Waals surface area contributed by atoms with Gasteiger partial charge in [-0.2, -0.15) is 0 Å². The minimum atomic E-state index is -0.310. The summed E-state index contributed by atoms with van der Waals surface area (Å²) < 4.78 is 0. The molecule has 22 heavy (non-hydrogen) atoms. The van der Waals surface area contributed by atoms with E-state index in [4.69, 9.17) is 5.73 Å². The van der Waals surface area contributed by atoms with Crippen LogP contribution < -0.4 is 11.1 Å². The number of carbonyl (C=O) groups excluding carboxylic acids is 1. The van der Waals surface area contributed by atoms with Crippen LogP contribution in [0.4, 0.5) is 0 Å². The third kappa shape index (κ3) is 2.36. The van der Waals surface area contributed by atoms with Gasteiger partial charge in [-0.25, -0.2) is 0 Å². The monoisotopic (exact) mass is 300 g/mol. The van der Waals surface area contributed by atoms with Crippen LogP contribution in [0.25, 0.3) is 0 Å². The van der Waals surface area contributed by atoms with E-state index in [1.807, 2.05) is 0 Å². The van der Waals surface area contributed by atoms with Crippen LogP contribution >= 0.6 is 0 Å². The van der Waals surface area contributed by atoms with E-state index < -0.39 is 0 Å². The van der Waals surface area contributed by atoms with Gasteiger partial charge in [0.2, 0.25) is 5.91 Å². The lowest BCUT2D eigenvalue weighted by molar-refractivity contribution is -0.125. The van der Waals surface area contributed by atoms with Crippen LogP contribution in [0.1, 0.15) is 51.2 Å². The highest BCUT2D eigenvalue weighted by Crippen LogP contribution is 2.60. The van der Waals surface area contributed by atoms with Gasteiger partial charge in [-0.3, -0.25) is 4.79 Å². The smallest absolute Gasteiger partial charge is 0.224 e. The van der Waals surface area contributed by atoms with E-state index >= 15 is 0 Å². The summed E-state index contributed by atoms with van der Waals surface area (Å²) in [6.07, 6.45) is 4.48. The van der Waals surface area contributed by atoms with E-state index in [0.29, 0.717) is 12.5 Å². The van der Waals surface area contributed by atoms with Crippen molar-refractivity contribution in [2.75, 3.05) is 6.54 Å². The zero-order valence-electron chi connectivity index (χ0n) is 14.0. The molecule has 0 radical (unpaired) electrons. The molecule has 3 unspecified atom stereocenters. The number of amides is 1. The van der Waals surface area contributed by atoms with E-state index in [0.717, 1.165) is 19.3 Å². The quantitative estimate of drug-likeness (QED) is 0.898. The first kappa shape index (κ1) is 15.5. The minimum absolute atomic E-state index is 0.103. The van der Waals surface area contributed by atoms with Gasteiger partial charge >= 0.3 is 0 Å². The Hall–Kier alpha value is -1.35. The number of rotatable bonds is 4. The standard InChI is InChI=1S/C19H28N2O/c1-13(2)18(3,12-20)21-17(22)16-11-19(16)10-6-8-14-7-4-5-9-15(14)19/h4-5,7,9,13,16H,6,8,10-12,20H2,1-3H3,(H,21,22). The normalized spacial score (nSPS) is 29.0. The number of hydrogen-bond acceptors (Lipinski definition) is 2. The average molecular weight is 300 g/mol. The van der Waals surface area contributed by atoms with Gasteiger partial charge in [-0.05, 0) is 49.7 Å². The van der Waals surface area contributed by atoms with Crippen molar-refractivity contribution in [1.82, 2.24) is 5.32 Å². The van der Waals surface area contributed by atoms with Crippen molar-refractivity contribution in [3.8, 4) is 0 Å². The first-order valence-corrected chi connectivity index (χ1v) is 8.53. The van der Waals surface area contributed by atoms with E-state index in [9.17, 15) is 4.79 Å². The summed E-state index contributed by atoms with van der Waals surface area (Å²) in [5.74, 6) is 0.645. The number of fused-ring (bicyclic) bond motifs is 2. The van der Waals surface area contributed by atoms with Crippen LogP contribution in [0.5, 0.6) is 0 Å². The van der Waals surface area contributed by atoms with E-state index in [2.05, 4.69) is 50.4 Å². The van der Waals surface area contributed by atoms with Crippen molar-refractivity contribution in [2.45, 2.75) is 57.4 Å². The predicted octanol–water partition coefficient (Wildman–Crippen LogP) is 2.77. The van der Waals surface area contributed by atoms with Crippen molar-refractivity contribution in [1.29, 1.82) is 0 Å². The zero-order valence-corrected chi connectivity index (χ0v) is 14.0. The Bertz CT molecular complexity index is 583. The summed E-state index contributed by atoms with van der Waals surface area (Å²) in [5.41, 5.74) is 8.56. The fraction of sp³-hybridized carbons (Fsp3) is 0.632. The Kier molecular flexibility index (Phi) is 3.80. The number of aryl methyl sites for hydroxylation is 1. The first-order valence-electron chi connectivity index (χ1n) is 8.53. The van der Waals surface area contributed by atoms with Crippen LogP contribution in [0, 0.1) is 11.8 Å². The summed E-state index contributed by atoms with van der Waals surface area (Å²) in [6, 6.07) is 8.67. The van der Waals surface area contributed by atoms with Crippen LogP contribution in [0.3, 0.4) is 0 Å². The van der Waals surface area contributed by atoms with Crippen molar-refractivity contribution in [3.05, 3.63) is 35.4 Å². The topological polar surface area (TPSA) is 55.1 Å². The Morgan fingerprint density at radius 3 is 2.86 bits per heavy atom. The number of hydrogen-bond donors (Lipinski definition) is 2. The van der Waals surface area contributed by atoms with Gasteiger partial charge in [0.05, 0.1) is 5.54 Å². The molecule has 1 spiro atoms. The fourth-order valence-corrected chi connectivity index (χ4v) is 3.98. The van der Waals surface area contributed by atoms with Gasteiger partial charge < -0.3 is 11.1 Å². The van der Waals surface area contributed by atoms with Crippen LogP contribution in [-0.4, -0.2) is 18.0 Å². The van der Waals surface area contributed by atoms with Gasteiger partial charge in [-0.15, -0.1) is 0 Å². The summed E-state index contributed by atoms with van der Waals surface area (Å²) in [6.45, 7) is 6.77. The molecule has 1 amide bonds. The molecule has 0 heterocycles. The Morgan fingerprint density at radius 1 is 1.45 bits per heavy atom. The summed E-state index contributed by atoms with van der Waals surface area (Å²) in [7, 11) is 0. The largest absolute Gasteiger partial charge is 0.349 e. The number of carbonyl (C=O) groups is 1. The molecular formula is C19H28N2O. The molecule has 1 saturated carbocycles. The van der Waals surface area contributed by atoms with Crippen molar-refractivity contribution >= 4 is 5.91 Å². The second-order valence-electron chi connectivity index (χ2n) is 7.69. The Labute approximate surface area is 133 Å². The van der Waals surface area contributed by atoms with Crippen molar-refractivity contribution in [2.24, 2.45) is 17.6 Å². The number of benzene rings is 1. The minimum Gasteiger partial charge on any atom is -0.349 e. The molecule has 120 valence electrons. The summed E-state index contributed by atoms with van der Waals surface area (Å²) in [4.78, 5) is 12.8. The SMILES string of the molecule is CC(C)C(C)(CN)NC(=O)C1CC12CCCc1ccccc12. The molecule has 1 fully saturated rings. The summed E-state index contributed by atoms with van der Waals surface area (Å²) in [5, 5.41) is 3.24. The molecule has 2 aliphatic carbocycles. The molecule has 1 aromatic rings. The molecule has 3 rings (SSSR count). The average Bonchev–Trinajstić information content (AvgIpc) is 3.22. The van der Waals surface area contributed by atoms with Gasteiger partial charge in [0.1, 0.15) is 0 Å². The van der Waals surface area contributed by atoms with Crippen molar-refractivity contribution < 1.29 is 4.79 Å². The molecule has 3 N–H and O–H groups in total. The van der Waals surface area contributed by atoms with Crippen LogP contribution in [-0.2, 0) is 16.6 Å². The number of nitrogens with two attached hydrogens (primary N) is 1. The number of nitrogens with one attached hydrogen (secondary N) is 1. The maximum atomic E-state index is 12.8. The second-order valence-corrected chi connectivity index (χ2v) is 7.69. The molecule has 0 aliphatic heterocycles. The van der Waals surface area contributed by atoms with Crippen LogP contribution in [0.2, 0.25) is 0 Å². The molecular weight excluding hydrogens is 272 g/mol. The molecule has 2 aliphatic rings. The highest BCUT2D eigenvalue weighted by molar-refractivity contribution is 5.85. The van der Waals surface area contributed by atoms with Gasteiger partial charge in [-0.1, -0.05) is 38.1 Å². The Morgan fingerprint density at radius 2 is 2.18 bits per heavy atom. The van der Waals surface area contributed by atoms with Crippen molar-refractivity contribution in [3.63, 3.8) is 0 Å². The highest BCUT2D eigenvalue weighted by atomic mass is 16.2. The summed E-state index contributed by atoms with van der Waals surface area (Å²) >= 11 is 0. The molecule has 3 heteroatoms. The van der Waals surface area contributed by atoms with Gasteiger partial charge in [0.15, 0.2) is 0 Å². The third-order valence-electron chi connectivity index (χ3n) is 6.12. The Balaban J connectivity index is 1.79. The van der Waals surface area contributed by atoms with Gasteiger partial charge in [0, 0.05) is 17.9 Å². The fourth-order valence-electron chi connectivity index (χ4n) is 3.98. The highest BCUT2D eigenvalue weighted by Gasteiger charge is 2.60. The first-order chi connectivity index (χ1) is 10.4. The lowest BCUT2D eigenvalue weighted by Gasteiger charge is -2.34. The predicted molar refractivity (Wildman–Crippen MR) is 89.6 cm³/mol. The molecule has 1 aromatic carbocycles. The second kappa shape index (κ2) is 5.38. The van der Waals surface area contributed by atoms with Gasteiger partial charge in [0.25, 0.3) is 0 Å². The lowest BCUT2D eigenvalue weighted by atomic mass is 9.78. The zero-order chi connectivity index (χ0) is 16.0. The molecule has 0 saturated heterocycles. The molecule has 3 nitrogen and oxygen atoms in total. The third-order valence-corrected chi connectivity index (χ3v) is 6.12. The maximum Gasteiger partial charge on any atom is 0.224 e.